The number of carbonyl (C=O) groups is 1. The Bertz CT molecular complexity index is 941. The molecule has 3 aromatic rings. The minimum absolute atomic E-state index is 0.0790. The number of fused-ring (bicyclic) bond motifs is 1. The van der Waals surface area contributed by atoms with Gasteiger partial charge in [-0.05, 0) is 6.07 Å². The van der Waals surface area contributed by atoms with Crippen LogP contribution in [0.15, 0.2) is 54.6 Å². The van der Waals surface area contributed by atoms with Crippen molar-refractivity contribution in [2.45, 2.75) is 0 Å². The minimum Gasteiger partial charge on any atom is -0.481 e. The molecule has 1 heterocycles. The number of hydrogen-bond donors (Lipinski definition) is 0. The Morgan fingerprint density at radius 1 is 1.16 bits per heavy atom. The molecular weight excluding hydrogens is 324 g/mol. The summed E-state index contributed by atoms with van der Waals surface area (Å²) < 4.78 is 10.1. The molecule has 0 saturated carbocycles. The molecule has 7 heteroatoms. The number of nitro groups is 1. The second-order valence-electron chi connectivity index (χ2n) is 5.20. The first kappa shape index (κ1) is 16.4. The summed E-state index contributed by atoms with van der Waals surface area (Å²) in [5.74, 6) is -0.213. The zero-order valence-electron chi connectivity index (χ0n) is 13.3. The predicted octanol–water partition coefficient (Wildman–Crippen LogP) is 3.36. The Kier molecular flexibility index (Phi) is 4.56. The molecule has 1 aromatic heterocycles. The quantitative estimate of drug-likeness (QED) is 0.402. The number of aromatic nitrogens is 1. The van der Waals surface area contributed by atoms with Crippen molar-refractivity contribution in [3.63, 3.8) is 0 Å². The van der Waals surface area contributed by atoms with Crippen LogP contribution in [0.4, 0.5) is 5.69 Å². The van der Waals surface area contributed by atoms with Crippen LogP contribution in [-0.2, 0) is 9.53 Å². The van der Waals surface area contributed by atoms with Gasteiger partial charge in [-0.3, -0.25) is 10.1 Å². The molecule has 0 aliphatic rings. The summed E-state index contributed by atoms with van der Waals surface area (Å²) in [6.45, 7) is -0.299. The molecule has 0 radical (unpaired) electrons. The molecule has 0 atom stereocenters. The van der Waals surface area contributed by atoms with Crippen molar-refractivity contribution < 1.29 is 19.2 Å². The summed E-state index contributed by atoms with van der Waals surface area (Å²) in [5, 5.41) is 11.5. The monoisotopic (exact) mass is 338 g/mol. The van der Waals surface area contributed by atoms with Crippen LogP contribution in [0, 0.1) is 10.1 Å². The van der Waals surface area contributed by atoms with Gasteiger partial charge in [-0.15, -0.1) is 0 Å². The van der Waals surface area contributed by atoms with E-state index in [9.17, 15) is 14.9 Å². The summed E-state index contributed by atoms with van der Waals surface area (Å²) >= 11 is 0. The molecule has 0 N–H and O–H groups in total. The average Bonchev–Trinajstić information content (AvgIpc) is 2.65. The lowest BCUT2D eigenvalue weighted by Crippen LogP contribution is -2.12. The first-order chi connectivity index (χ1) is 12.1. The molecule has 0 bridgehead atoms. The van der Waals surface area contributed by atoms with Gasteiger partial charge in [0, 0.05) is 29.1 Å². The molecule has 0 aliphatic carbocycles. The van der Waals surface area contributed by atoms with Gasteiger partial charge in [0.25, 0.3) is 5.69 Å². The number of carbonyl (C=O) groups excluding carboxylic acids is 1. The lowest BCUT2D eigenvalue weighted by atomic mass is 10.1. The highest BCUT2D eigenvalue weighted by molar-refractivity contribution is 5.90. The third-order valence-corrected chi connectivity index (χ3v) is 3.61. The van der Waals surface area contributed by atoms with Gasteiger partial charge in [0.15, 0.2) is 6.61 Å². The highest BCUT2D eigenvalue weighted by Gasteiger charge is 2.14. The lowest BCUT2D eigenvalue weighted by molar-refractivity contribution is -0.384. The highest BCUT2D eigenvalue weighted by atomic mass is 16.6. The van der Waals surface area contributed by atoms with Crippen LogP contribution in [0.3, 0.4) is 0 Å². The highest BCUT2D eigenvalue weighted by Crippen LogP contribution is 2.32. The molecule has 0 aliphatic heterocycles. The fourth-order valence-electron chi connectivity index (χ4n) is 2.37. The van der Waals surface area contributed by atoms with Crippen molar-refractivity contribution in [3.8, 4) is 17.0 Å². The zero-order valence-corrected chi connectivity index (χ0v) is 13.3. The van der Waals surface area contributed by atoms with E-state index in [1.54, 1.807) is 12.1 Å². The molecule has 7 nitrogen and oxygen atoms in total. The fourth-order valence-corrected chi connectivity index (χ4v) is 2.37. The maximum atomic E-state index is 11.4. The molecule has 25 heavy (non-hydrogen) atoms. The van der Waals surface area contributed by atoms with E-state index in [1.165, 1.54) is 19.2 Å². The number of methoxy groups -OCH3 is 1. The van der Waals surface area contributed by atoms with Crippen molar-refractivity contribution >= 4 is 22.6 Å². The Labute approximate surface area is 143 Å². The Morgan fingerprint density at radius 3 is 2.60 bits per heavy atom. The van der Waals surface area contributed by atoms with Crippen LogP contribution in [0.1, 0.15) is 0 Å². The van der Waals surface area contributed by atoms with Crippen molar-refractivity contribution in [2.75, 3.05) is 13.7 Å². The van der Waals surface area contributed by atoms with Gasteiger partial charge in [-0.1, -0.05) is 30.3 Å². The number of hydrogen-bond acceptors (Lipinski definition) is 6. The molecule has 126 valence electrons. The Balaban J connectivity index is 2.13. The smallest absolute Gasteiger partial charge is 0.343 e. The van der Waals surface area contributed by atoms with Gasteiger partial charge in [-0.2, -0.15) is 0 Å². The normalized spacial score (nSPS) is 10.4. The van der Waals surface area contributed by atoms with Crippen LogP contribution < -0.4 is 4.74 Å². The topological polar surface area (TPSA) is 91.6 Å². The third-order valence-electron chi connectivity index (χ3n) is 3.61. The SMILES string of the molecule is COC(=O)COc1cc(-c2ccccc2)nc2ccc([N+](=O)[O-])cc12. The molecule has 3 rings (SSSR count). The number of pyridine rings is 1. The van der Waals surface area contributed by atoms with Gasteiger partial charge >= 0.3 is 5.97 Å². The van der Waals surface area contributed by atoms with Crippen LogP contribution >= 0.6 is 0 Å². The number of non-ortho nitro benzene ring substituents is 1. The van der Waals surface area contributed by atoms with Crippen LogP contribution in [0.25, 0.3) is 22.2 Å². The van der Waals surface area contributed by atoms with E-state index >= 15 is 0 Å². The summed E-state index contributed by atoms with van der Waals surface area (Å²) in [6.07, 6.45) is 0. The molecule has 0 fully saturated rings. The maximum Gasteiger partial charge on any atom is 0.343 e. The Morgan fingerprint density at radius 2 is 1.92 bits per heavy atom. The predicted molar refractivity (Wildman–Crippen MR) is 91.3 cm³/mol. The molecule has 0 spiro atoms. The Hall–Kier alpha value is -3.48. The van der Waals surface area contributed by atoms with Gasteiger partial charge in [0.1, 0.15) is 5.75 Å². The van der Waals surface area contributed by atoms with Crippen LogP contribution in [0.2, 0.25) is 0 Å². The second kappa shape index (κ2) is 6.96. The van der Waals surface area contributed by atoms with Crippen LogP contribution in [0.5, 0.6) is 5.75 Å². The number of benzene rings is 2. The van der Waals surface area contributed by atoms with Gasteiger partial charge in [-0.25, -0.2) is 9.78 Å². The van der Waals surface area contributed by atoms with Crippen molar-refractivity contribution in [3.05, 3.63) is 64.7 Å². The number of rotatable bonds is 5. The maximum absolute atomic E-state index is 11.4. The van der Waals surface area contributed by atoms with Crippen molar-refractivity contribution in [1.82, 2.24) is 4.98 Å². The standard InChI is InChI=1S/C18H14N2O5/c1-24-18(21)11-25-17-10-16(12-5-3-2-4-6-12)19-15-8-7-13(20(22)23)9-14(15)17/h2-10H,11H2,1H3. The molecule has 0 unspecified atom stereocenters. The number of esters is 1. The summed E-state index contributed by atoms with van der Waals surface area (Å²) in [5.41, 5.74) is 1.96. The molecule has 0 saturated heterocycles. The molecule has 0 amide bonds. The summed E-state index contributed by atoms with van der Waals surface area (Å²) in [6, 6.07) is 15.4. The fraction of sp³-hybridized carbons (Fsp3) is 0.111. The van der Waals surface area contributed by atoms with Crippen molar-refractivity contribution in [1.29, 1.82) is 0 Å². The van der Waals surface area contributed by atoms with E-state index in [0.29, 0.717) is 22.3 Å². The van der Waals surface area contributed by atoms with Crippen LogP contribution in [-0.4, -0.2) is 29.6 Å². The van der Waals surface area contributed by atoms with E-state index in [1.807, 2.05) is 30.3 Å². The van der Waals surface area contributed by atoms with Gasteiger partial charge in [0.2, 0.25) is 0 Å². The number of ether oxygens (including phenoxy) is 2. The number of nitrogens with zero attached hydrogens (tertiary/aromatic N) is 2. The number of nitro benzene ring substituents is 1. The van der Waals surface area contributed by atoms with Gasteiger partial charge in [0.05, 0.1) is 23.2 Å². The van der Waals surface area contributed by atoms with E-state index in [0.717, 1.165) is 5.56 Å². The summed E-state index contributed by atoms with van der Waals surface area (Å²) in [7, 11) is 1.26. The molecular formula is C18H14N2O5. The van der Waals surface area contributed by atoms with E-state index in [2.05, 4.69) is 9.72 Å². The second-order valence-corrected chi connectivity index (χ2v) is 5.20. The van der Waals surface area contributed by atoms with E-state index in [-0.39, 0.29) is 12.3 Å². The van der Waals surface area contributed by atoms with Gasteiger partial charge < -0.3 is 9.47 Å². The lowest BCUT2D eigenvalue weighted by Gasteiger charge is -2.11. The minimum atomic E-state index is -0.545. The van der Waals surface area contributed by atoms with Crippen molar-refractivity contribution in [2.24, 2.45) is 0 Å². The first-order valence-corrected chi connectivity index (χ1v) is 7.42. The third kappa shape index (κ3) is 3.55. The summed E-state index contributed by atoms with van der Waals surface area (Å²) in [4.78, 5) is 26.5. The average molecular weight is 338 g/mol. The zero-order chi connectivity index (χ0) is 17.8. The van der Waals surface area contributed by atoms with E-state index in [4.69, 9.17) is 4.74 Å². The largest absolute Gasteiger partial charge is 0.481 e. The van der Waals surface area contributed by atoms with E-state index < -0.39 is 10.9 Å². The molecule has 2 aromatic carbocycles. The first-order valence-electron chi connectivity index (χ1n) is 7.42.